The summed E-state index contributed by atoms with van der Waals surface area (Å²) in [6, 6.07) is 5.67. The maximum atomic E-state index is 12.9. The zero-order chi connectivity index (χ0) is 16.6. The van der Waals surface area contributed by atoms with Crippen molar-refractivity contribution in [3.8, 4) is 5.75 Å². The number of aryl methyl sites for hydroxylation is 1. The SMILES string of the molecule is COc1ccc2c(C(=O)N3CCN(C(C)=O)CC3)c(C)[nH]c2c1. The first-order valence-electron chi connectivity index (χ1n) is 7.72. The van der Waals surface area contributed by atoms with Crippen molar-refractivity contribution in [2.45, 2.75) is 13.8 Å². The van der Waals surface area contributed by atoms with Crippen LogP contribution in [0.25, 0.3) is 10.9 Å². The summed E-state index contributed by atoms with van der Waals surface area (Å²) in [5.74, 6) is 0.836. The fourth-order valence-electron chi connectivity index (χ4n) is 3.10. The van der Waals surface area contributed by atoms with Crippen LogP contribution in [0.3, 0.4) is 0 Å². The topological polar surface area (TPSA) is 65.6 Å². The molecule has 2 aromatic rings. The van der Waals surface area contributed by atoms with E-state index in [-0.39, 0.29) is 11.8 Å². The highest BCUT2D eigenvalue weighted by Crippen LogP contribution is 2.27. The van der Waals surface area contributed by atoms with Gasteiger partial charge >= 0.3 is 0 Å². The molecule has 0 aliphatic carbocycles. The van der Waals surface area contributed by atoms with E-state index in [2.05, 4.69) is 4.98 Å². The Bertz CT molecular complexity index is 758. The first kappa shape index (κ1) is 15.4. The Morgan fingerprint density at radius 1 is 1.13 bits per heavy atom. The molecular formula is C17H21N3O3. The molecule has 0 spiro atoms. The molecule has 1 aromatic carbocycles. The number of hydrogen-bond acceptors (Lipinski definition) is 3. The Morgan fingerprint density at radius 3 is 2.39 bits per heavy atom. The molecule has 122 valence electrons. The summed E-state index contributed by atoms with van der Waals surface area (Å²) in [5, 5.41) is 0.905. The number of fused-ring (bicyclic) bond motifs is 1. The van der Waals surface area contributed by atoms with Crippen molar-refractivity contribution in [1.29, 1.82) is 0 Å². The molecule has 6 heteroatoms. The second kappa shape index (κ2) is 5.95. The number of amides is 2. The van der Waals surface area contributed by atoms with Crippen LogP contribution in [-0.2, 0) is 4.79 Å². The van der Waals surface area contributed by atoms with Gasteiger partial charge in [-0.1, -0.05) is 0 Å². The van der Waals surface area contributed by atoms with E-state index in [4.69, 9.17) is 4.74 Å². The van der Waals surface area contributed by atoms with Gasteiger partial charge in [0.1, 0.15) is 5.75 Å². The monoisotopic (exact) mass is 315 g/mol. The number of piperazine rings is 1. The number of ether oxygens (including phenoxy) is 1. The Balaban J connectivity index is 1.87. The standard InChI is InChI=1S/C17H21N3O3/c1-11-16(14-5-4-13(23-3)10-15(14)18-11)17(22)20-8-6-19(7-9-20)12(2)21/h4-5,10,18H,6-9H2,1-3H3. The molecule has 1 N–H and O–H groups in total. The number of H-pyrrole nitrogens is 1. The minimum absolute atomic E-state index is 0.0159. The molecule has 1 fully saturated rings. The molecule has 23 heavy (non-hydrogen) atoms. The second-order valence-corrected chi connectivity index (χ2v) is 5.83. The molecule has 0 atom stereocenters. The van der Waals surface area contributed by atoms with Crippen molar-refractivity contribution in [1.82, 2.24) is 14.8 Å². The smallest absolute Gasteiger partial charge is 0.256 e. The van der Waals surface area contributed by atoms with E-state index in [1.165, 1.54) is 0 Å². The molecule has 6 nitrogen and oxygen atoms in total. The molecule has 2 amide bonds. The highest BCUT2D eigenvalue weighted by atomic mass is 16.5. The predicted molar refractivity (Wildman–Crippen MR) is 87.7 cm³/mol. The van der Waals surface area contributed by atoms with Crippen LogP contribution < -0.4 is 4.74 Å². The molecule has 0 bridgehead atoms. The number of rotatable bonds is 2. The minimum Gasteiger partial charge on any atom is -0.497 e. The van der Waals surface area contributed by atoms with Crippen molar-refractivity contribution in [3.05, 3.63) is 29.5 Å². The first-order valence-corrected chi connectivity index (χ1v) is 7.72. The number of nitrogens with one attached hydrogen (secondary N) is 1. The molecule has 3 rings (SSSR count). The lowest BCUT2D eigenvalue weighted by Gasteiger charge is -2.34. The van der Waals surface area contributed by atoms with E-state index < -0.39 is 0 Å². The Labute approximate surface area is 135 Å². The van der Waals surface area contributed by atoms with Crippen molar-refractivity contribution < 1.29 is 14.3 Å². The van der Waals surface area contributed by atoms with Gasteiger partial charge in [0.15, 0.2) is 0 Å². The lowest BCUT2D eigenvalue weighted by atomic mass is 10.1. The van der Waals surface area contributed by atoms with Gasteiger partial charge in [0.25, 0.3) is 5.91 Å². The predicted octanol–water partition coefficient (Wildman–Crippen LogP) is 1.79. The van der Waals surface area contributed by atoms with Crippen LogP contribution in [0.1, 0.15) is 23.0 Å². The van der Waals surface area contributed by atoms with Crippen LogP contribution in [0, 0.1) is 6.92 Å². The van der Waals surface area contributed by atoms with Gasteiger partial charge < -0.3 is 19.5 Å². The van der Waals surface area contributed by atoms with Crippen molar-refractivity contribution in [3.63, 3.8) is 0 Å². The molecule has 0 saturated carbocycles. The van der Waals surface area contributed by atoms with E-state index in [9.17, 15) is 9.59 Å². The highest BCUT2D eigenvalue weighted by molar-refractivity contribution is 6.08. The van der Waals surface area contributed by atoms with Gasteiger partial charge in [-0.2, -0.15) is 0 Å². The van der Waals surface area contributed by atoms with E-state index in [0.717, 1.165) is 22.3 Å². The lowest BCUT2D eigenvalue weighted by molar-refractivity contribution is -0.130. The number of carbonyl (C=O) groups excluding carboxylic acids is 2. The van der Waals surface area contributed by atoms with Gasteiger partial charge in [-0.15, -0.1) is 0 Å². The molecule has 0 radical (unpaired) electrons. The van der Waals surface area contributed by atoms with Crippen molar-refractivity contribution >= 4 is 22.7 Å². The van der Waals surface area contributed by atoms with E-state index in [0.29, 0.717) is 31.7 Å². The molecular weight excluding hydrogens is 294 g/mol. The maximum absolute atomic E-state index is 12.9. The molecule has 1 aromatic heterocycles. The van der Waals surface area contributed by atoms with Gasteiger partial charge in [0.05, 0.1) is 18.2 Å². The normalized spacial score (nSPS) is 15.1. The summed E-state index contributed by atoms with van der Waals surface area (Å²) in [6.45, 7) is 5.80. The average Bonchev–Trinajstić information content (AvgIpc) is 2.88. The van der Waals surface area contributed by atoms with Crippen LogP contribution in [0.2, 0.25) is 0 Å². The van der Waals surface area contributed by atoms with E-state index in [1.807, 2.05) is 30.0 Å². The van der Waals surface area contributed by atoms with E-state index >= 15 is 0 Å². The fraction of sp³-hybridized carbons (Fsp3) is 0.412. The fourth-order valence-corrected chi connectivity index (χ4v) is 3.10. The summed E-state index contributed by atoms with van der Waals surface area (Å²) < 4.78 is 5.23. The van der Waals surface area contributed by atoms with Crippen LogP contribution in [0.5, 0.6) is 5.75 Å². The van der Waals surface area contributed by atoms with Gasteiger partial charge in [-0.25, -0.2) is 0 Å². The van der Waals surface area contributed by atoms with Crippen molar-refractivity contribution in [2.24, 2.45) is 0 Å². The number of carbonyl (C=O) groups is 2. The van der Waals surface area contributed by atoms with Gasteiger partial charge in [-0.3, -0.25) is 9.59 Å². The molecule has 1 saturated heterocycles. The third kappa shape index (κ3) is 2.76. The summed E-state index contributed by atoms with van der Waals surface area (Å²) in [5.41, 5.74) is 2.46. The van der Waals surface area contributed by atoms with Crippen molar-refractivity contribution in [2.75, 3.05) is 33.3 Å². The summed E-state index contributed by atoms with van der Waals surface area (Å²) >= 11 is 0. The lowest BCUT2D eigenvalue weighted by Crippen LogP contribution is -2.50. The zero-order valence-corrected chi connectivity index (χ0v) is 13.7. The van der Waals surface area contributed by atoms with Crippen LogP contribution in [0.15, 0.2) is 18.2 Å². The largest absolute Gasteiger partial charge is 0.497 e. The quantitative estimate of drug-likeness (QED) is 0.919. The summed E-state index contributed by atoms with van der Waals surface area (Å²) in [7, 11) is 1.62. The van der Waals surface area contributed by atoms with E-state index in [1.54, 1.807) is 18.9 Å². The third-order valence-corrected chi connectivity index (χ3v) is 4.42. The Hall–Kier alpha value is -2.50. The third-order valence-electron chi connectivity index (χ3n) is 4.42. The van der Waals surface area contributed by atoms with Crippen LogP contribution in [-0.4, -0.2) is 59.9 Å². The second-order valence-electron chi connectivity index (χ2n) is 5.83. The Morgan fingerprint density at radius 2 is 1.78 bits per heavy atom. The molecule has 1 aliphatic heterocycles. The minimum atomic E-state index is 0.0159. The van der Waals surface area contributed by atoms with Crippen LogP contribution >= 0.6 is 0 Å². The first-order chi connectivity index (χ1) is 11.0. The summed E-state index contributed by atoms with van der Waals surface area (Å²) in [6.07, 6.45) is 0. The average molecular weight is 315 g/mol. The van der Waals surface area contributed by atoms with Gasteiger partial charge in [0.2, 0.25) is 5.91 Å². The maximum Gasteiger partial charge on any atom is 0.256 e. The number of hydrogen-bond donors (Lipinski definition) is 1. The van der Waals surface area contributed by atoms with Crippen LogP contribution in [0.4, 0.5) is 0 Å². The molecule has 2 heterocycles. The number of methoxy groups -OCH3 is 1. The Kier molecular flexibility index (Phi) is 3.98. The molecule has 0 unspecified atom stereocenters. The number of aromatic nitrogens is 1. The van der Waals surface area contributed by atoms with Gasteiger partial charge in [-0.05, 0) is 19.1 Å². The number of aromatic amines is 1. The summed E-state index contributed by atoms with van der Waals surface area (Å²) in [4.78, 5) is 31.1. The number of benzene rings is 1. The van der Waals surface area contributed by atoms with Gasteiger partial charge in [0, 0.05) is 50.2 Å². The highest BCUT2D eigenvalue weighted by Gasteiger charge is 2.26. The number of nitrogens with zero attached hydrogens (tertiary/aromatic N) is 2. The zero-order valence-electron chi connectivity index (χ0n) is 13.7. The molecule has 1 aliphatic rings.